The molecule has 2 aromatic carbocycles. The minimum atomic E-state index is -3.82. The van der Waals surface area contributed by atoms with E-state index in [2.05, 4.69) is 22.2 Å². The van der Waals surface area contributed by atoms with Crippen LogP contribution in [0.5, 0.6) is 5.75 Å². The van der Waals surface area contributed by atoms with Crippen LogP contribution in [0.3, 0.4) is 0 Å². The van der Waals surface area contributed by atoms with Crippen LogP contribution in [-0.4, -0.2) is 90.2 Å². The standard InChI is InChI=1S/C23H30N4O5S/c1-25-9-11-26(12-10-25)20-6-4-19(5-7-20)24-23(28)18-3-8-21(31-2)22(17-18)33(29,30)27-13-15-32-16-14-27/h3-8,17H,9-16H2,1-2H3,(H,24,28). The summed E-state index contributed by atoms with van der Waals surface area (Å²) >= 11 is 0. The van der Waals surface area contributed by atoms with E-state index in [4.69, 9.17) is 9.47 Å². The van der Waals surface area contributed by atoms with Crippen LogP contribution in [0, 0.1) is 0 Å². The zero-order valence-electron chi connectivity index (χ0n) is 19.0. The summed E-state index contributed by atoms with van der Waals surface area (Å²) in [6, 6.07) is 12.1. The summed E-state index contributed by atoms with van der Waals surface area (Å²) < 4.78 is 38.2. The second-order valence-electron chi connectivity index (χ2n) is 8.17. The second kappa shape index (κ2) is 10.1. The van der Waals surface area contributed by atoms with Crippen molar-refractivity contribution in [2.75, 3.05) is 76.9 Å². The molecule has 0 spiro atoms. The highest BCUT2D eigenvalue weighted by atomic mass is 32.2. The lowest BCUT2D eigenvalue weighted by molar-refractivity contribution is 0.0729. The number of sulfonamides is 1. The van der Waals surface area contributed by atoms with Crippen molar-refractivity contribution >= 4 is 27.3 Å². The number of anilines is 2. The number of likely N-dealkylation sites (N-methyl/N-ethyl adjacent to an activating group) is 1. The molecule has 2 aliphatic rings. The highest BCUT2D eigenvalue weighted by Crippen LogP contribution is 2.29. The molecule has 0 atom stereocenters. The number of nitrogens with one attached hydrogen (secondary N) is 1. The Labute approximate surface area is 194 Å². The Balaban J connectivity index is 1.50. The Morgan fingerprint density at radius 2 is 1.64 bits per heavy atom. The minimum absolute atomic E-state index is 0.0232. The number of piperazine rings is 1. The van der Waals surface area contributed by atoms with E-state index in [1.165, 1.54) is 23.5 Å². The van der Waals surface area contributed by atoms with Crippen molar-refractivity contribution in [2.45, 2.75) is 4.90 Å². The number of benzene rings is 2. The minimum Gasteiger partial charge on any atom is -0.495 e. The topological polar surface area (TPSA) is 91.4 Å². The molecule has 1 N–H and O–H groups in total. The number of rotatable bonds is 6. The van der Waals surface area contributed by atoms with Crippen molar-refractivity contribution in [1.82, 2.24) is 9.21 Å². The summed E-state index contributed by atoms with van der Waals surface area (Å²) in [5, 5.41) is 2.86. The highest BCUT2D eigenvalue weighted by molar-refractivity contribution is 7.89. The molecule has 0 aliphatic carbocycles. The predicted octanol–water partition coefficient (Wildman–Crippen LogP) is 1.72. The molecule has 2 saturated heterocycles. The second-order valence-corrected chi connectivity index (χ2v) is 10.1. The van der Waals surface area contributed by atoms with Crippen LogP contribution in [0.2, 0.25) is 0 Å². The first-order valence-corrected chi connectivity index (χ1v) is 12.4. The van der Waals surface area contributed by atoms with Crippen LogP contribution in [0.15, 0.2) is 47.4 Å². The van der Waals surface area contributed by atoms with Gasteiger partial charge in [-0.3, -0.25) is 4.79 Å². The van der Waals surface area contributed by atoms with Gasteiger partial charge in [-0.15, -0.1) is 0 Å². The number of ether oxygens (including phenoxy) is 2. The van der Waals surface area contributed by atoms with Gasteiger partial charge in [0.2, 0.25) is 10.0 Å². The van der Waals surface area contributed by atoms with Gasteiger partial charge in [0, 0.05) is 56.2 Å². The van der Waals surface area contributed by atoms with Gasteiger partial charge in [-0.25, -0.2) is 8.42 Å². The first-order chi connectivity index (χ1) is 15.9. The fraction of sp³-hybridized carbons (Fsp3) is 0.435. The molecule has 1 amide bonds. The molecule has 4 rings (SSSR count). The maximum absolute atomic E-state index is 13.2. The van der Waals surface area contributed by atoms with Crippen LogP contribution in [0.25, 0.3) is 0 Å². The lowest BCUT2D eigenvalue weighted by Gasteiger charge is -2.34. The number of hydrogen-bond acceptors (Lipinski definition) is 7. The molecule has 0 radical (unpaired) electrons. The molecule has 2 aliphatic heterocycles. The summed E-state index contributed by atoms with van der Waals surface area (Å²) in [5.41, 5.74) is 2.00. The van der Waals surface area contributed by atoms with E-state index < -0.39 is 10.0 Å². The molecule has 0 saturated carbocycles. The van der Waals surface area contributed by atoms with Crippen LogP contribution in [0.4, 0.5) is 11.4 Å². The van der Waals surface area contributed by atoms with Gasteiger partial charge in [-0.2, -0.15) is 4.31 Å². The van der Waals surface area contributed by atoms with Crippen molar-refractivity contribution in [3.63, 3.8) is 0 Å². The number of nitrogens with zero attached hydrogens (tertiary/aromatic N) is 3. The van der Waals surface area contributed by atoms with E-state index in [9.17, 15) is 13.2 Å². The molecule has 0 bridgehead atoms. The lowest BCUT2D eigenvalue weighted by atomic mass is 10.2. The van der Waals surface area contributed by atoms with Crippen LogP contribution in [0.1, 0.15) is 10.4 Å². The van der Waals surface area contributed by atoms with Gasteiger partial charge in [-0.05, 0) is 49.5 Å². The molecule has 0 unspecified atom stereocenters. The Morgan fingerprint density at radius 1 is 0.970 bits per heavy atom. The van der Waals surface area contributed by atoms with Gasteiger partial charge in [0.25, 0.3) is 5.91 Å². The molecule has 2 heterocycles. The number of amides is 1. The monoisotopic (exact) mass is 474 g/mol. The summed E-state index contributed by atoms with van der Waals surface area (Å²) in [5.74, 6) is -0.182. The van der Waals surface area contributed by atoms with Crippen LogP contribution >= 0.6 is 0 Å². The number of carbonyl (C=O) groups is 1. The lowest BCUT2D eigenvalue weighted by Crippen LogP contribution is -2.44. The first-order valence-electron chi connectivity index (χ1n) is 11.0. The average molecular weight is 475 g/mol. The maximum atomic E-state index is 13.2. The first kappa shape index (κ1) is 23.5. The Kier molecular flexibility index (Phi) is 7.18. The summed E-state index contributed by atoms with van der Waals surface area (Å²) in [6.07, 6.45) is 0. The summed E-state index contributed by atoms with van der Waals surface area (Å²) in [6.45, 7) is 5.18. The zero-order chi connectivity index (χ0) is 23.4. The summed E-state index contributed by atoms with van der Waals surface area (Å²) in [7, 11) is -0.286. The molecule has 33 heavy (non-hydrogen) atoms. The Morgan fingerprint density at radius 3 is 2.27 bits per heavy atom. The molecule has 10 heteroatoms. The van der Waals surface area contributed by atoms with Gasteiger partial charge >= 0.3 is 0 Å². The normalized spacial score (nSPS) is 18.2. The maximum Gasteiger partial charge on any atom is 0.255 e. The Hall–Kier alpha value is -2.66. The van der Waals surface area contributed by atoms with Crippen molar-refractivity contribution in [3.05, 3.63) is 48.0 Å². The van der Waals surface area contributed by atoms with Crippen molar-refractivity contribution in [3.8, 4) is 5.75 Å². The van der Waals surface area contributed by atoms with Gasteiger partial charge in [-0.1, -0.05) is 0 Å². The van der Waals surface area contributed by atoms with Crippen molar-refractivity contribution in [2.24, 2.45) is 0 Å². The fourth-order valence-electron chi connectivity index (χ4n) is 3.97. The molecule has 178 valence electrons. The predicted molar refractivity (Wildman–Crippen MR) is 127 cm³/mol. The molecule has 0 aromatic heterocycles. The molecule has 2 aromatic rings. The third-order valence-corrected chi connectivity index (χ3v) is 7.93. The van der Waals surface area contributed by atoms with E-state index in [1.807, 2.05) is 24.3 Å². The zero-order valence-corrected chi connectivity index (χ0v) is 19.8. The third-order valence-electron chi connectivity index (χ3n) is 6.01. The van der Waals surface area contributed by atoms with Crippen LogP contribution < -0.4 is 15.0 Å². The molecule has 9 nitrogen and oxygen atoms in total. The van der Waals surface area contributed by atoms with Gasteiger partial charge < -0.3 is 24.6 Å². The fourth-order valence-corrected chi connectivity index (χ4v) is 5.56. The molecular weight excluding hydrogens is 444 g/mol. The highest BCUT2D eigenvalue weighted by Gasteiger charge is 2.30. The van der Waals surface area contributed by atoms with Crippen LogP contribution in [-0.2, 0) is 14.8 Å². The smallest absolute Gasteiger partial charge is 0.255 e. The number of carbonyl (C=O) groups excluding carboxylic acids is 1. The number of morpholine rings is 1. The Bertz CT molecular complexity index is 1080. The van der Waals surface area contributed by atoms with Gasteiger partial charge in [0.15, 0.2) is 0 Å². The van der Waals surface area contributed by atoms with Gasteiger partial charge in [0.05, 0.1) is 20.3 Å². The van der Waals surface area contributed by atoms with E-state index >= 15 is 0 Å². The van der Waals surface area contributed by atoms with E-state index in [1.54, 1.807) is 6.07 Å². The largest absolute Gasteiger partial charge is 0.495 e. The van der Waals surface area contributed by atoms with E-state index in [-0.39, 0.29) is 35.2 Å². The van der Waals surface area contributed by atoms with Crippen molar-refractivity contribution < 1.29 is 22.7 Å². The van der Waals surface area contributed by atoms with E-state index in [0.29, 0.717) is 18.9 Å². The van der Waals surface area contributed by atoms with Crippen molar-refractivity contribution in [1.29, 1.82) is 0 Å². The number of methoxy groups -OCH3 is 1. The third kappa shape index (κ3) is 5.30. The molecular formula is C23H30N4O5S. The van der Waals surface area contributed by atoms with Gasteiger partial charge in [0.1, 0.15) is 10.6 Å². The SMILES string of the molecule is COc1ccc(C(=O)Nc2ccc(N3CCN(C)CC3)cc2)cc1S(=O)(=O)N1CCOCC1. The quantitative estimate of drug-likeness (QED) is 0.682. The molecule has 2 fully saturated rings. The van der Waals surface area contributed by atoms with E-state index in [0.717, 1.165) is 31.9 Å². The summed E-state index contributed by atoms with van der Waals surface area (Å²) in [4.78, 5) is 17.5. The number of hydrogen-bond donors (Lipinski definition) is 1. The average Bonchev–Trinajstić information content (AvgIpc) is 2.85.